The minimum absolute atomic E-state index is 0.0822. The molecule has 0 aromatic heterocycles. The van der Waals surface area contributed by atoms with Crippen LogP contribution in [0.3, 0.4) is 0 Å². The van der Waals surface area contributed by atoms with Crippen LogP contribution >= 0.6 is 11.8 Å². The Hall–Kier alpha value is -2.45. The van der Waals surface area contributed by atoms with Crippen molar-refractivity contribution in [3.8, 4) is 5.75 Å². The minimum Gasteiger partial charge on any atom is -0.497 e. The minimum atomic E-state index is -3.19. The third-order valence-electron chi connectivity index (χ3n) is 3.25. The van der Waals surface area contributed by atoms with Gasteiger partial charge in [-0.1, -0.05) is 34.6 Å². The van der Waals surface area contributed by atoms with Gasteiger partial charge in [-0.25, -0.2) is 9.00 Å². The lowest BCUT2D eigenvalue weighted by Gasteiger charge is -2.09. The SMILES string of the molecule is C=S(=O)(ON=C(Sc1ccc(C)cc1)C(=O)OC)c1ccc(OC)cc1. The van der Waals surface area contributed by atoms with Crippen LogP contribution in [0.4, 0.5) is 0 Å². The van der Waals surface area contributed by atoms with Crippen LogP contribution in [0.2, 0.25) is 0 Å². The van der Waals surface area contributed by atoms with Crippen molar-refractivity contribution >= 4 is 38.4 Å². The lowest BCUT2D eigenvalue weighted by atomic mass is 10.2. The van der Waals surface area contributed by atoms with Gasteiger partial charge in [0.1, 0.15) is 5.75 Å². The van der Waals surface area contributed by atoms with Gasteiger partial charge >= 0.3 is 5.97 Å². The van der Waals surface area contributed by atoms with E-state index in [-0.39, 0.29) is 5.04 Å². The first-order chi connectivity index (χ1) is 12.4. The monoisotopic (exact) mass is 393 g/mol. The van der Waals surface area contributed by atoms with E-state index in [0.717, 1.165) is 22.2 Å². The molecule has 2 rings (SSSR count). The number of nitrogens with zero attached hydrogens (tertiary/aromatic N) is 1. The number of ether oxygens (including phenoxy) is 2. The highest BCUT2D eigenvalue weighted by Crippen LogP contribution is 2.23. The molecule has 0 spiro atoms. The van der Waals surface area contributed by atoms with E-state index in [1.807, 2.05) is 31.2 Å². The fraction of sp³-hybridized carbons (Fsp3) is 0.167. The van der Waals surface area contributed by atoms with E-state index in [1.54, 1.807) is 24.3 Å². The van der Waals surface area contributed by atoms with Gasteiger partial charge in [-0.05, 0) is 49.2 Å². The molecule has 138 valence electrons. The van der Waals surface area contributed by atoms with Crippen molar-refractivity contribution in [3.63, 3.8) is 0 Å². The molecule has 0 bridgehead atoms. The number of hydrogen-bond acceptors (Lipinski definition) is 7. The molecule has 0 fully saturated rings. The zero-order valence-electron chi connectivity index (χ0n) is 14.6. The van der Waals surface area contributed by atoms with Crippen LogP contribution in [0.15, 0.2) is 63.5 Å². The van der Waals surface area contributed by atoms with Crippen molar-refractivity contribution in [2.75, 3.05) is 14.2 Å². The quantitative estimate of drug-likeness (QED) is 0.194. The van der Waals surface area contributed by atoms with Crippen LogP contribution < -0.4 is 4.74 Å². The topological polar surface area (TPSA) is 74.2 Å². The maximum absolute atomic E-state index is 12.7. The molecule has 26 heavy (non-hydrogen) atoms. The van der Waals surface area contributed by atoms with Gasteiger partial charge in [0.05, 0.1) is 19.1 Å². The highest BCUT2D eigenvalue weighted by atomic mass is 32.2. The predicted molar refractivity (Wildman–Crippen MR) is 104 cm³/mol. The van der Waals surface area contributed by atoms with E-state index in [9.17, 15) is 9.00 Å². The first kappa shape index (κ1) is 19.9. The Morgan fingerprint density at radius 2 is 1.69 bits per heavy atom. The third kappa shape index (κ3) is 5.27. The summed E-state index contributed by atoms with van der Waals surface area (Å²) < 4.78 is 27.5. The van der Waals surface area contributed by atoms with E-state index < -0.39 is 15.8 Å². The van der Waals surface area contributed by atoms with E-state index in [1.165, 1.54) is 14.2 Å². The summed E-state index contributed by atoms with van der Waals surface area (Å²) in [6.45, 7) is 1.96. The van der Waals surface area contributed by atoms with Gasteiger partial charge in [0.2, 0.25) is 5.04 Å². The molecule has 0 heterocycles. The third-order valence-corrected chi connectivity index (χ3v) is 5.50. The van der Waals surface area contributed by atoms with Gasteiger partial charge in [0.25, 0.3) is 0 Å². The number of carbonyl (C=O) groups is 1. The number of hydrogen-bond donors (Lipinski definition) is 0. The summed E-state index contributed by atoms with van der Waals surface area (Å²) >= 11 is 1.05. The largest absolute Gasteiger partial charge is 0.497 e. The smallest absolute Gasteiger partial charge is 0.367 e. The molecule has 0 N–H and O–H groups in total. The Balaban J connectivity index is 2.22. The molecule has 0 aliphatic heterocycles. The van der Waals surface area contributed by atoms with Crippen LogP contribution in [0.25, 0.3) is 0 Å². The normalized spacial score (nSPS) is 13.6. The first-order valence-corrected chi connectivity index (χ1v) is 9.93. The molecule has 0 aliphatic rings. The van der Waals surface area contributed by atoms with E-state index >= 15 is 0 Å². The number of carbonyl (C=O) groups excluding carboxylic acids is 1. The average molecular weight is 393 g/mol. The van der Waals surface area contributed by atoms with Crippen molar-refractivity contribution in [1.82, 2.24) is 0 Å². The van der Waals surface area contributed by atoms with Gasteiger partial charge in [-0.3, -0.25) is 4.28 Å². The molecule has 0 saturated carbocycles. The number of oxime groups is 1. The number of benzene rings is 2. The molecule has 8 heteroatoms. The zero-order valence-corrected chi connectivity index (χ0v) is 16.3. The fourth-order valence-electron chi connectivity index (χ4n) is 1.82. The van der Waals surface area contributed by atoms with Crippen molar-refractivity contribution in [3.05, 3.63) is 54.1 Å². The summed E-state index contributed by atoms with van der Waals surface area (Å²) in [5.41, 5.74) is 1.09. The molecular weight excluding hydrogens is 374 g/mol. The van der Waals surface area contributed by atoms with Gasteiger partial charge in [0, 0.05) is 4.90 Å². The fourth-order valence-corrected chi connectivity index (χ4v) is 3.44. The van der Waals surface area contributed by atoms with Gasteiger partial charge in [0.15, 0.2) is 9.80 Å². The van der Waals surface area contributed by atoms with Crippen molar-refractivity contribution in [2.24, 2.45) is 5.16 Å². The molecule has 2 aromatic carbocycles. The first-order valence-electron chi connectivity index (χ1n) is 7.46. The van der Waals surface area contributed by atoms with Crippen LogP contribution in [0.1, 0.15) is 5.56 Å². The number of esters is 1. The second kappa shape index (κ2) is 8.77. The molecule has 0 aliphatic carbocycles. The van der Waals surface area contributed by atoms with Crippen molar-refractivity contribution < 1.29 is 22.8 Å². The molecule has 6 nitrogen and oxygen atoms in total. The van der Waals surface area contributed by atoms with Gasteiger partial charge in [-0.2, -0.15) is 0 Å². The summed E-state index contributed by atoms with van der Waals surface area (Å²) in [5, 5.41) is 3.66. The van der Waals surface area contributed by atoms with Crippen LogP contribution in [-0.4, -0.2) is 35.3 Å². The molecule has 0 radical (unpaired) electrons. The Bertz CT molecular complexity index is 888. The lowest BCUT2D eigenvalue weighted by Crippen LogP contribution is -2.14. The average Bonchev–Trinajstić information content (AvgIpc) is 2.66. The maximum Gasteiger partial charge on any atom is 0.367 e. The summed E-state index contributed by atoms with van der Waals surface area (Å²) in [6, 6.07) is 13.9. The Labute approximate surface area is 157 Å². The summed E-state index contributed by atoms with van der Waals surface area (Å²) in [6.07, 6.45) is 0. The van der Waals surface area contributed by atoms with E-state index in [4.69, 9.17) is 13.8 Å². The van der Waals surface area contributed by atoms with Crippen LogP contribution in [0.5, 0.6) is 5.75 Å². The summed E-state index contributed by atoms with van der Waals surface area (Å²) in [4.78, 5) is 13.0. The summed E-state index contributed by atoms with van der Waals surface area (Å²) in [7, 11) is -0.421. The number of thioether (sulfide) groups is 1. The Morgan fingerprint density at radius 1 is 1.08 bits per heavy atom. The Kier molecular flexibility index (Phi) is 6.70. The van der Waals surface area contributed by atoms with Crippen LogP contribution in [0, 0.1) is 6.92 Å². The highest BCUT2D eigenvalue weighted by Gasteiger charge is 2.17. The van der Waals surface area contributed by atoms with E-state index in [0.29, 0.717) is 10.6 Å². The lowest BCUT2D eigenvalue weighted by molar-refractivity contribution is -0.132. The molecule has 0 amide bonds. The number of aryl methyl sites for hydroxylation is 1. The Morgan fingerprint density at radius 3 is 2.23 bits per heavy atom. The van der Waals surface area contributed by atoms with E-state index in [2.05, 4.69) is 11.0 Å². The molecule has 2 aromatic rings. The van der Waals surface area contributed by atoms with Crippen molar-refractivity contribution in [2.45, 2.75) is 16.7 Å². The van der Waals surface area contributed by atoms with Gasteiger partial charge in [-0.15, -0.1) is 0 Å². The van der Waals surface area contributed by atoms with Crippen molar-refractivity contribution in [1.29, 1.82) is 0 Å². The standard InChI is InChI=1S/C18H19NO5S2/c1-13-5-9-15(10-6-13)25-17(18(20)23-3)19-24-26(4,21)16-11-7-14(22-2)8-12-16/h5-12H,4H2,1-3H3. The molecular formula is C18H19NO5S2. The second-order valence-corrected chi connectivity index (χ2v) is 8.08. The summed E-state index contributed by atoms with van der Waals surface area (Å²) in [5.74, 6) is 3.48. The molecule has 1 atom stereocenters. The highest BCUT2D eigenvalue weighted by molar-refractivity contribution is 8.15. The second-order valence-electron chi connectivity index (χ2n) is 5.17. The zero-order chi connectivity index (χ0) is 19.2. The predicted octanol–water partition coefficient (Wildman–Crippen LogP) is 3.29. The maximum atomic E-state index is 12.7. The molecule has 0 saturated heterocycles. The van der Waals surface area contributed by atoms with Gasteiger partial charge < -0.3 is 9.47 Å². The van der Waals surface area contributed by atoms with Crippen LogP contribution in [-0.2, 0) is 23.6 Å². The number of methoxy groups -OCH3 is 2. The molecule has 1 unspecified atom stereocenters. The number of rotatable bonds is 5.